The lowest BCUT2D eigenvalue weighted by Gasteiger charge is -2.42. The predicted molar refractivity (Wildman–Crippen MR) is 54.6 cm³/mol. The van der Waals surface area contributed by atoms with Gasteiger partial charge in [0.15, 0.2) is 0 Å². The lowest BCUT2D eigenvalue weighted by atomic mass is 10.1. The molecule has 0 spiro atoms. The van der Waals surface area contributed by atoms with Crippen LogP contribution in [-0.2, 0) is 4.74 Å². The van der Waals surface area contributed by atoms with Crippen LogP contribution in [0.5, 0.6) is 0 Å². The first-order chi connectivity index (χ1) is 6.07. The highest BCUT2D eigenvalue weighted by molar-refractivity contribution is 4.87. The summed E-state index contributed by atoms with van der Waals surface area (Å²) in [5.74, 6) is 0. The Morgan fingerprint density at radius 1 is 1.69 bits per heavy atom. The maximum absolute atomic E-state index is 5.80. The van der Waals surface area contributed by atoms with Gasteiger partial charge in [-0.2, -0.15) is 0 Å². The summed E-state index contributed by atoms with van der Waals surface area (Å²) >= 11 is 0. The zero-order valence-corrected chi connectivity index (χ0v) is 8.62. The maximum atomic E-state index is 5.80. The summed E-state index contributed by atoms with van der Waals surface area (Å²) < 4.78 is 5.80. The highest BCUT2D eigenvalue weighted by atomic mass is 16.5. The van der Waals surface area contributed by atoms with Crippen molar-refractivity contribution in [3.63, 3.8) is 0 Å². The molecule has 0 bridgehead atoms. The molecular formula is C10H20N2O. The Morgan fingerprint density at radius 3 is 2.92 bits per heavy atom. The summed E-state index contributed by atoms with van der Waals surface area (Å²) in [5, 5.41) is 0. The van der Waals surface area contributed by atoms with Crippen molar-refractivity contribution in [1.29, 1.82) is 0 Å². The van der Waals surface area contributed by atoms with Gasteiger partial charge in [0.25, 0.3) is 0 Å². The molecule has 1 aliphatic rings. The van der Waals surface area contributed by atoms with E-state index in [2.05, 4.69) is 25.3 Å². The minimum absolute atomic E-state index is 0.0781. The molecule has 1 saturated heterocycles. The van der Waals surface area contributed by atoms with Crippen LogP contribution in [0.15, 0.2) is 12.7 Å². The van der Waals surface area contributed by atoms with Gasteiger partial charge in [-0.3, -0.25) is 4.90 Å². The van der Waals surface area contributed by atoms with E-state index in [0.29, 0.717) is 6.54 Å². The molecule has 0 radical (unpaired) electrons. The molecule has 76 valence electrons. The van der Waals surface area contributed by atoms with Gasteiger partial charge < -0.3 is 10.5 Å². The largest absolute Gasteiger partial charge is 0.368 e. The van der Waals surface area contributed by atoms with Crippen LogP contribution in [0.3, 0.4) is 0 Å². The number of nitrogens with two attached hydrogens (primary N) is 1. The summed E-state index contributed by atoms with van der Waals surface area (Å²) in [6.45, 7) is 11.3. The lowest BCUT2D eigenvalue weighted by molar-refractivity contribution is -0.129. The number of ether oxygens (including phenoxy) is 1. The highest BCUT2D eigenvalue weighted by Crippen LogP contribution is 2.20. The van der Waals surface area contributed by atoms with E-state index in [4.69, 9.17) is 10.5 Å². The molecule has 0 aromatic heterocycles. The first-order valence-corrected chi connectivity index (χ1v) is 4.78. The van der Waals surface area contributed by atoms with Crippen molar-refractivity contribution in [2.75, 3.05) is 26.2 Å². The van der Waals surface area contributed by atoms with Crippen LogP contribution in [0.2, 0.25) is 0 Å². The van der Waals surface area contributed by atoms with E-state index in [0.717, 1.165) is 19.6 Å². The van der Waals surface area contributed by atoms with Crippen molar-refractivity contribution >= 4 is 0 Å². The van der Waals surface area contributed by atoms with E-state index < -0.39 is 0 Å². The second-order valence-corrected chi connectivity index (χ2v) is 4.22. The summed E-state index contributed by atoms with van der Waals surface area (Å²) in [4.78, 5) is 2.33. The normalized spacial score (nSPS) is 28.7. The van der Waals surface area contributed by atoms with Crippen molar-refractivity contribution in [3.8, 4) is 0 Å². The molecule has 1 rings (SSSR count). The van der Waals surface area contributed by atoms with Crippen LogP contribution < -0.4 is 5.73 Å². The molecule has 1 heterocycles. The van der Waals surface area contributed by atoms with E-state index >= 15 is 0 Å². The van der Waals surface area contributed by atoms with Gasteiger partial charge in [-0.15, -0.1) is 6.58 Å². The first-order valence-electron chi connectivity index (χ1n) is 4.78. The smallest absolute Gasteiger partial charge is 0.0831 e. The molecule has 2 N–H and O–H groups in total. The third-order valence-electron chi connectivity index (χ3n) is 2.20. The molecule has 0 aliphatic carbocycles. The van der Waals surface area contributed by atoms with Crippen LogP contribution in [0.1, 0.15) is 13.8 Å². The van der Waals surface area contributed by atoms with E-state index in [1.165, 1.54) is 0 Å². The molecular weight excluding hydrogens is 164 g/mol. The molecule has 0 aromatic carbocycles. The minimum atomic E-state index is -0.0781. The van der Waals surface area contributed by atoms with Crippen molar-refractivity contribution in [2.45, 2.75) is 25.6 Å². The van der Waals surface area contributed by atoms with Crippen LogP contribution >= 0.6 is 0 Å². The monoisotopic (exact) mass is 184 g/mol. The van der Waals surface area contributed by atoms with Crippen LogP contribution in [0.4, 0.5) is 0 Å². The highest BCUT2D eigenvalue weighted by Gasteiger charge is 2.31. The van der Waals surface area contributed by atoms with Crippen LogP contribution in [-0.4, -0.2) is 42.8 Å². The fourth-order valence-electron chi connectivity index (χ4n) is 1.86. The quantitative estimate of drug-likeness (QED) is 0.653. The Labute approximate surface area is 80.5 Å². The number of rotatable bonds is 3. The van der Waals surface area contributed by atoms with Crippen molar-refractivity contribution in [2.24, 2.45) is 5.73 Å². The molecule has 1 unspecified atom stereocenters. The average molecular weight is 184 g/mol. The minimum Gasteiger partial charge on any atom is -0.368 e. The lowest BCUT2D eigenvalue weighted by Crippen LogP contribution is -2.54. The SMILES string of the molecule is C=CCN1CC(CN)OC(C)(C)C1. The topological polar surface area (TPSA) is 38.5 Å². The van der Waals surface area contributed by atoms with Gasteiger partial charge in [0, 0.05) is 26.2 Å². The molecule has 3 heteroatoms. The number of nitrogens with zero attached hydrogens (tertiary/aromatic N) is 1. The summed E-state index contributed by atoms with van der Waals surface area (Å²) in [6.07, 6.45) is 2.10. The summed E-state index contributed by atoms with van der Waals surface area (Å²) in [6, 6.07) is 0. The van der Waals surface area contributed by atoms with Crippen molar-refractivity contribution < 1.29 is 4.74 Å². The zero-order chi connectivity index (χ0) is 9.90. The van der Waals surface area contributed by atoms with E-state index in [9.17, 15) is 0 Å². The van der Waals surface area contributed by atoms with Gasteiger partial charge in [-0.05, 0) is 13.8 Å². The van der Waals surface area contributed by atoms with Gasteiger partial charge in [-0.25, -0.2) is 0 Å². The fourth-order valence-corrected chi connectivity index (χ4v) is 1.86. The van der Waals surface area contributed by atoms with Gasteiger partial charge in [0.2, 0.25) is 0 Å². The Bertz CT molecular complexity index is 180. The van der Waals surface area contributed by atoms with Crippen LogP contribution in [0.25, 0.3) is 0 Å². The number of hydrogen-bond donors (Lipinski definition) is 1. The molecule has 13 heavy (non-hydrogen) atoms. The van der Waals surface area contributed by atoms with Crippen molar-refractivity contribution in [3.05, 3.63) is 12.7 Å². The Balaban J connectivity index is 2.54. The van der Waals surface area contributed by atoms with Gasteiger partial charge >= 0.3 is 0 Å². The van der Waals surface area contributed by atoms with Crippen molar-refractivity contribution in [1.82, 2.24) is 4.90 Å². The number of hydrogen-bond acceptors (Lipinski definition) is 3. The molecule has 1 atom stereocenters. The first kappa shape index (κ1) is 10.7. The molecule has 0 saturated carbocycles. The maximum Gasteiger partial charge on any atom is 0.0831 e. The molecule has 1 fully saturated rings. The summed E-state index contributed by atoms with van der Waals surface area (Å²) in [5.41, 5.74) is 5.53. The fraction of sp³-hybridized carbons (Fsp3) is 0.800. The molecule has 1 aliphatic heterocycles. The molecule has 3 nitrogen and oxygen atoms in total. The Morgan fingerprint density at radius 2 is 2.38 bits per heavy atom. The predicted octanol–water partition coefficient (Wildman–Crippen LogP) is 0.610. The third kappa shape index (κ3) is 3.10. The molecule has 0 aromatic rings. The zero-order valence-electron chi connectivity index (χ0n) is 8.62. The third-order valence-corrected chi connectivity index (χ3v) is 2.20. The van der Waals surface area contributed by atoms with E-state index in [1.54, 1.807) is 0 Å². The van der Waals surface area contributed by atoms with Gasteiger partial charge in [0.05, 0.1) is 11.7 Å². The Kier molecular flexibility index (Phi) is 3.47. The van der Waals surface area contributed by atoms with Crippen LogP contribution in [0, 0.1) is 0 Å². The second kappa shape index (κ2) is 4.22. The number of morpholine rings is 1. The van der Waals surface area contributed by atoms with E-state index in [1.807, 2.05) is 6.08 Å². The summed E-state index contributed by atoms with van der Waals surface area (Å²) in [7, 11) is 0. The average Bonchev–Trinajstić information content (AvgIpc) is 2.02. The van der Waals surface area contributed by atoms with Gasteiger partial charge in [-0.1, -0.05) is 6.08 Å². The standard InChI is InChI=1S/C10H20N2O/c1-4-5-12-7-9(6-11)13-10(2,3)8-12/h4,9H,1,5-8,11H2,2-3H3. The Hall–Kier alpha value is -0.380. The van der Waals surface area contributed by atoms with E-state index in [-0.39, 0.29) is 11.7 Å². The molecule has 0 amide bonds. The second-order valence-electron chi connectivity index (χ2n) is 4.22. The van der Waals surface area contributed by atoms with Gasteiger partial charge in [0.1, 0.15) is 0 Å².